The summed E-state index contributed by atoms with van der Waals surface area (Å²) in [7, 11) is 0. The molecule has 2 aliphatic rings. The summed E-state index contributed by atoms with van der Waals surface area (Å²) < 4.78 is 25.2. The van der Waals surface area contributed by atoms with E-state index in [1.165, 1.54) is 24.3 Å². The number of nitrogens with zero attached hydrogens (tertiary/aromatic N) is 1. The van der Waals surface area contributed by atoms with Gasteiger partial charge in [0.15, 0.2) is 12.4 Å². The molecule has 4 aromatic rings. The van der Waals surface area contributed by atoms with E-state index in [0.29, 0.717) is 27.9 Å². The molecule has 0 bridgehead atoms. The van der Waals surface area contributed by atoms with Crippen LogP contribution in [0.15, 0.2) is 97.1 Å². The van der Waals surface area contributed by atoms with Crippen molar-refractivity contribution in [2.24, 2.45) is 5.92 Å². The lowest BCUT2D eigenvalue weighted by atomic mass is 9.77. The van der Waals surface area contributed by atoms with E-state index in [1.54, 1.807) is 71.6 Å². The van der Waals surface area contributed by atoms with Crippen molar-refractivity contribution in [3.8, 4) is 22.6 Å². The number of halogens is 1. The van der Waals surface area contributed by atoms with Crippen LogP contribution >= 0.6 is 0 Å². The van der Waals surface area contributed by atoms with Crippen LogP contribution in [0.2, 0.25) is 0 Å². The third-order valence-electron chi connectivity index (χ3n) is 8.87. The van der Waals surface area contributed by atoms with Crippen LogP contribution in [0.3, 0.4) is 0 Å². The number of aromatic hydroxyl groups is 2. The number of carboxylic acids is 1. The van der Waals surface area contributed by atoms with Crippen LogP contribution in [0.1, 0.15) is 36.1 Å². The Hall–Kier alpha value is -4.85. The molecule has 0 aliphatic carbocycles. The third-order valence-corrected chi connectivity index (χ3v) is 8.87. The first-order valence-corrected chi connectivity index (χ1v) is 15.4. The number of aliphatic hydroxyl groups is 3. The monoisotopic (exact) mass is 659 g/mol. The maximum absolute atomic E-state index is 13.9. The molecule has 0 radical (unpaired) electrons. The number of hydrogen-bond donors (Lipinski definition) is 6. The Kier molecular flexibility index (Phi) is 9.45. The number of aliphatic hydroxyl groups excluding tert-OH is 3. The summed E-state index contributed by atoms with van der Waals surface area (Å²) in [4.78, 5) is 27.0. The molecule has 11 nitrogen and oxygen atoms in total. The smallest absolute Gasteiger partial charge is 0.335 e. The molecule has 1 amide bonds. The average molecular weight is 660 g/mol. The van der Waals surface area contributed by atoms with Gasteiger partial charge in [-0.1, -0.05) is 54.6 Å². The molecule has 0 saturated carbocycles. The van der Waals surface area contributed by atoms with E-state index < -0.39 is 60.6 Å². The fraction of sp³-hybridized carbons (Fsp3) is 0.278. The molecule has 2 heterocycles. The molecule has 6 rings (SSSR count). The number of carbonyl (C=O) groups is 2. The lowest BCUT2D eigenvalue weighted by molar-refractivity contribution is -0.306. The number of phenolic OH excluding ortho intramolecular Hbond substituents is 2. The number of amides is 1. The number of rotatable bonds is 10. The second kappa shape index (κ2) is 13.7. The zero-order valence-electron chi connectivity index (χ0n) is 25.4. The van der Waals surface area contributed by atoms with Gasteiger partial charge in [0.2, 0.25) is 5.91 Å². The van der Waals surface area contributed by atoms with E-state index in [0.717, 1.165) is 0 Å². The predicted molar refractivity (Wildman–Crippen MR) is 169 cm³/mol. The highest BCUT2D eigenvalue weighted by molar-refractivity contribution is 6.03. The van der Waals surface area contributed by atoms with Gasteiger partial charge in [0.1, 0.15) is 35.6 Å². The number of ether oxygens (including phenoxy) is 2. The molecule has 250 valence electrons. The van der Waals surface area contributed by atoms with Crippen LogP contribution in [0.25, 0.3) is 11.1 Å². The normalized spacial score (nSPS) is 26.1. The van der Waals surface area contributed by atoms with Crippen molar-refractivity contribution >= 4 is 17.6 Å². The number of para-hydroxylation sites is 1. The second-order valence-corrected chi connectivity index (χ2v) is 11.9. The topological polar surface area (TPSA) is 177 Å². The number of benzene rings is 4. The SMILES string of the molecule is O=C(O)C1O[C@@H](O[C@@H](CC[C@H]2C(=O)N(c3ccccc3)[C@@H]2c2ccc(-c3cccc(O)c3)cc2O)c2ccc(F)cc2)C(O)C(O)[C@@H]1O. The number of carbonyl (C=O) groups excluding carboxylic acids is 1. The van der Waals surface area contributed by atoms with Crippen LogP contribution in [-0.4, -0.2) is 73.2 Å². The first-order valence-electron chi connectivity index (χ1n) is 15.4. The minimum absolute atomic E-state index is 0.0587. The van der Waals surface area contributed by atoms with Crippen molar-refractivity contribution in [2.75, 3.05) is 4.90 Å². The van der Waals surface area contributed by atoms with Crippen molar-refractivity contribution < 1.29 is 54.1 Å². The molecular formula is C36H34FNO10. The van der Waals surface area contributed by atoms with Gasteiger partial charge in [-0.25, -0.2) is 9.18 Å². The van der Waals surface area contributed by atoms with Gasteiger partial charge in [0, 0.05) is 11.3 Å². The van der Waals surface area contributed by atoms with Crippen LogP contribution < -0.4 is 4.90 Å². The standard InChI is InChI=1S/C36H34FNO10/c37-22-12-9-19(10-13-22)28(47-36-32(43)30(41)31(42)33(48-36)35(45)46)16-15-26-29(38(34(26)44)23-6-2-1-3-7-23)25-14-11-21(18-27(25)40)20-5-4-8-24(39)17-20/h1-14,17-18,26,28-33,36,39-43H,15-16H2,(H,45,46)/t26-,28+,29-,30?,31+,32?,33?,36-/m1/s1. The molecule has 12 heteroatoms. The molecule has 2 aliphatic heterocycles. The molecule has 6 N–H and O–H groups in total. The van der Waals surface area contributed by atoms with Crippen molar-refractivity contribution in [2.45, 2.75) is 55.7 Å². The number of β-lactam (4-membered cyclic amide) rings is 1. The van der Waals surface area contributed by atoms with Gasteiger partial charge in [-0.05, 0) is 72.0 Å². The molecule has 4 aromatic carbocycles. The largest absolute Gasteiger partial charge is 0.508 e. The van der Waals surface area contributed by atoms with Crippen molar-refractivity contribution in [1.29, 1.82) is 0 Å². The van der Waals surface area contributed by atoms with E-state index in [9.17, 15) is 44.6 Å². The van der Waals surface area contributed by atoms with Gasteiger partial charge in [-0.3, -0.25) is 4.79 Å². The van der Waals surface area contributed by atoms with Crippen LogP contribution in [0.5, 0.6) is 11.5 Å². The zero-order chi connectivity index (χ0) is 34.1. The average Bonchev–Trinajstić information content (AvgIpc) is 3.07. The predicted octanol–water partition coefficient (Wildman–Crippen LogP) is 4.04. The number of anilines is 1. The Morgan fingerprint density at radius 3 is 2.23 bits per heavy atom. The van der Waals surface area contributed by atoms with E-state index in [2.05, 4.69) is 0 Å². The Balaban J connectivity index is 1.29. The van der Waals surface area contributed by atoms with E-state index in [4.69, 9.17) is 9.47 Å². The molecule has 2 saturated heterocycles. The van der Waals surface area contributed by atoms with Crippen LogP contribution in [0.4, 0.5) is 10.1 Å². The van der Waals surface area contributed by atoms with E-state index in [1.807, 2.05) is 6.07 Å². The summed E-state index contributed by atoms with van der Waals surface area (Å²) in [6.07, 6.45) is -9.86. The molecule has 2 fully saturated rings. The zero-order valence-corrected chi connectivity index (χ0v) is 25.4. The Morgan fingerprint density at radius 2 is 1.56 bits per heavy atom. The molecular weight excluding hydrogens is 625 g/mol. The summed E-state index contributed by atoms with van der Waals surface area (Å²) in [5, 5.41) is 61.7. The van der Waals surface area contributed by atoms with Gasteiger partial charge in [0.25, 0.3) is 0 Å². The minimum atomic E-state index is -1.91. The molecule has 8 atom stereocenters. The third kappa shape index (κ3) is 6.48. The number of phenols is 2. The summed E-state index contributed by atoms with van der Waals surface area (Å²) in [6, 6.07) is 25.3. The molecule has 48 heavy (non-hydrogen) atoms. The maximum Gasteiger partial charge on any atom is 0.335 e. The maximum atomic E-state index is 13.9. The van der Waals surface area contributed by atoms with Gasteiger partial charge < -0.3 is 45.0 Å². The van der Waals surface area contributed by atoms with Gasteiger partial charge in [-0.2, -0.15) is 0 Å². The Bertz CT molecular complexity index is 1770. The second-order valence-electron chi connectivity index (χ2n) is 11.9. The van der Waals surface area contributed by atoms with Gasteiger partial charge >= 0.3 is 5.97 Å². The molecule has 3 unspecified atom stereocenters. The Morgan fingerprint density at radius 1 is 0.854 bits per heavy atom. The minimum Gasteiger partial charge on any atom is -0.508 e. The highest BCUT2D eigenvalue weighted by Gasteiger charge is 2.51. The lowest BCUT2D eigenvalue weighted by Gasteiger charge is -2.48. The quantitative estimate of drug-likeness (QED) is 0.136. The van der Waals surface area contributed by atoms with Crippen LogP contribution in [-0.2, 0) is 19.1 Å². The number of aliphatic carboxylic acids is 1. The summed E-state index contributed by atoms with van der Waals surface area (Å²) in [6.45, 7) is 0. The Labute approximate surface area is 274 Å². The van der Waals surface area contributed by atoms with Crippen LogP contribution in [0, 0.1) is 11.7 Å². The van der Waals surface area contributed by atoms with Crippen molar-refractivity contribution in [3.05, 3.63) is 114 Å². The van der Waals surface area contributed by atoms with Gasteiger partial charge in [0.05, 0.1) is 18.1 Å². The van der Waals surface area contributed by atoms with E-state index >= 15 is 0 Å². The summed E-state index contributed by atoms with van der Waals surface area (Å²) in [5.74, 6) is -2.96. The number of hydrogen-bond acceptors (Lipinski definition) is 9. The molecule has 0 spiro atoms. The first-order chi connectivity index (χ1) is 23.0. The van der Waals surface area contributed by atoms with Crippen molar-refractivity contribution in [3.63, 3.8) is 0 Å². The van der Waals surface area contributed by atoms with E-state index in [-0.39, 0.29) is 30.2 Å². The van der Waals surface area contributed by atoms with Crippen molar-refractivity contribution in [1.82, 2.24) is 0 Å². The van der Waals surface area contributed by atoms with Gasteiger partial charge in [-0.15, -0.1) is 0 Å². The fourth-order valence-corrected chi connectivity index (χ4v) is 6.37. The first kappa shape index (κ1) is 33.1. The number of carboxylic acid groups (broad SMARTS) is 1. The highest BCUT2D eigenvalue weighted by atomic mass is 19.1. The fourth-order valence-electron chi connectivity index (χ4n) is 6.37. The lowest BCUT2D eigenvalue weighted by Crippen LogP contribution is -2.60. The highest BCUT2D eigenvalue weighted by Crippen LogP contribution is 2.49. The summed E-state index contributed by atoms with van der Waals surface area (Å²) in [5.41, 5.74) is 2.88. The molecule has 0 aromatic heterocycles. The summed E-state index contributed by atoms with van der Waals surface area (Å²) >= 11 is 0.